The number of hydrogen-bond donors (Lipinski definition) is 1. The first kappa shape index (κ1) is 15.9. The molecule has 0 spiro atoms. The van der Waals surface area contributed by atoms with Crippen LogP contribution in [0.15, 0.2) is 36.5 Å². The Bertz CT molecular complexity index is 563. The van der Waals surface area contributed by atoms with Gasteiger partial charge < -0.3 is 5.32 Å². The van der Waals surface area contributed by atoms with Crippen LogP contribution in [0, 0.1) is 5.82 Å². The van der Waals surface area contributed by atoms with Crippen molar-refractivity contribution in [1.82, 2.24) is 20.0 Å². The van der Waals surface area contributed by atoms with E-state index in [0.717, 1.165) is 31.0 Å². The lowest BCUT2D eigenvalue weighted by Crippen LogP contribution is -2.33. The van der Waals surface area contributed by atoms with Crippen LogP contribution in [0.2, 0.25) is 0 Å². The van der Waals surface area contributed by atoms with Crippen LogP contribution in [-0.4, -0.2) is 40.9 Å². The van der Waals surface area contributed by atoms with E-state index in [0.29, 0.717) is 6.04 Å². The van der Waals surface area contributed by atoms with Crippen molar-refractivity contribution in [2.24, 2.45) is 0 Å². The number of likely N-dealkylation sites (N-methyl/N-ethyl adjacent to an activating group) is 1. The Morgan fingerprint density at radius 2 is 2.10 bits per heavy atom. The van der Waals surface area contributed by atoms with Gasteiger partial charge in [0.15, 0.2) is 0 Å². The van der Waals surface area contributed by atoms with Crippen molar-refractivity contribution < 1.29 is 4.39 Å². The fourth-order valence-corrected chi connectivity index (χ4v) is 2.67. The summed E-state index contributed by atoms with van der Waals surface area (Å²) in [5.41, 5.74) is 2.01. The maximum absolute atomic E-state index is 13.0. The molecule has 1 saturated heterocycles. The van der Waals surface area contributed by atoms with Gasteiger partial charge >= 0.3 is 0 Å². The predicted octanol–water partition coefficient (Wildman–Crippen LogP) is 2.23. The molecule has 1 aromatic heterocycles. The molecule has 6 heteroatoms. The zero-order chi connectivity index (χ0) is 13.9. The lowest BCUT2D eigenvalue weighted by molar-refractivity contribution is 0.244. The number of nitrogens with one attached hydrogen (secondary N) is 1. The molecule has 1 aromatic carbocycles. The molecule has 4 nitrogen and oxygen atoms in total. The molecule has 3 rings (SSSR count). The van der Waals surface area contributed by atoms with Crippen molar-refractivity contribution in [2.75, 3.05) is 20.1 Å². The van der Waals surface area contributed by atoms with E-state index in [4.69, 9.17) is 0 Å². The first-order valence-electron chi connectivity index (χ1n) is 6.94. The fraction of sp³-hybridized carbons (Fsp3) is 0.400. The summed E-state index contributed by atoms with van der Waals surface area (Å²) in [6.45, 7) is 2.97. The zero-order valence-electron chi connectivity index (χ0n) is 12.0. The molecule has 0 amide bonds. The summed E-state index contributed by atoms with van der Waals surface area (Å²) in [6, 6.07) is 9.02. The molecular weight excluding hydrogens is 291 g/mol. The molecule has 0 bridgehead atoms. The summed E-state index contributed by atoms with van der Waals surface area (Å²) in [5.74, 6) is -0.225. The van der Waals surface area contributed by atoms with Crippen molar-refractivity contribution >= 4 is 12.4 Å². The molecule has 1 atom stereocenters. The van der Waals surface area contributed by atoms with E-state index < -0.39 is 0 Å². The van der Waals surface area contributed by atoms with Crippen molar-refractivity contribution in [3.05, 3.63) is 48.0 Å². The largest absolute Gasteiger partial charge is 0.315 e. The Kier molecular flexibility index (Phi) is 5.33. The van der Waals surface area contributed by atoms with Gasteiger partial charge in [0.1, 0.15) is 5.82 Å². The maximum Gasteiger partial charge on any atom is 0.123 e. The van der Waals surface area contributed by atoms with Gasteiger partial charge in [-0.3, -0.25) is 4.90 Å². The number of benzene rings is 1. The third-order valence-corrected chi connectivity index (χ3v) is 3.86. The van der Waals surface area contributed by atoms with E-state index in [1.807, 2.05) is 10.7 Å². The molecule has 0 aliphatic carbocycles. The number of halogens is 2. The Morgan fingerprint density at radius 3 is 2.76 bits per heavy atom. The Labute approximate surface area is 130 Å². The zero-order valence-corrected chi connectivity index (χ0v) is 12.8. The first-order chi connectivity index (χ1) is 9.74. The molecule has 1 N–H and O–H groups in total. The monoisotopic (exact) mass is 310 g/mol. The molecule has 0 radical (unpaired) electrons. The molecule has 114 valence electrons. The van der Waals surface area contributed by atoms with Gasteiger partial charge in [-0.2, -0.15) is 5.10 Å². The summed E-state index contributed by atoms with van der Waals surface area (Å²) < 4.78 is 14.9. The Hall–Kier alpha value is -1.43. The number of hydrogen-bond acceptors (Lipinski definition) is 3. The lowest BCUT2D eigenvalue weighted by Gasteiger charge is -2.23. The van der Waals surface area contributed by atoms with Crippen molar-refractivity contribution in [1.29, 1.82) is 0 Å². The van der Waals surface area contributed by atoms with Crippen LogP contribution in [0.3, 0.4) is 0 Å². The average Bonchev–Trinajstić information content (AvgIpc) is 3.10. The van der Waals surface area contributed by atoms with Gasteiger partial charge in [-0.15, -0.1) is 12.4 Å². The summed E-state index contributed by atoms with van der Waals surface area (Å²) in [5, 5.41) is 7.73. The van der Waals surface area contributed by atoms with Gasteiger partial charge in [0.2, 0.25) is 0 Å². The van der Waals surface area contributed by atoms with Crippen LogP contribution in [0.1, 0.15) is 12.1 Å². The minimum Gasteiger partial charge on any atom is -0.315 e. The van der Waals surface area contributed by atoms with Crippen LogP contribution in [0.4, 0.5) is 4.39 Å². The highest BCUT2D eigenvalue weighted by molar-refractivity contribution is 5.85. The second kappa shape index (κ2) is 7.02. The van der Waals surface area contributed by atoms with E-state index >= 15 is 0 Å². The molecule has 0 saturated carbocycles. The Morgan fingerprint density at radius 1 is 1.33 bits per heavy atom. The van der Waals surface area contributed by atoms with Crippen molar-refractivity contribution in [3.8, 4) is 5.69 Å². The van der Waals surface area contributed by atoms with Crippen LogP contribution in [0.25, 0.3) is 5.69 Å². The highest BCUT2D eigenvalue weighted by Gasteiger charge is 2.20. The van der Waals surface area contributed by atoms with Crippen LogP contribution in [-0.2, 0) is 6.54 Å². The van der Waals surface area contributed by atoms with Crippen molar-refractivity contribution in [2.45, 2.75) is 19.0 Å². The molecule has 1 aliphatic heterocycles. The van der Waals surface area contributed by atoms with Gasteiger partial charge in [0.25, 0.3) is 0 Å². The quantitative estimate of drug-likeness (QED) is 0.940. The predicted molar refractivity (Wildman–Crippen MR) is 83.5 cm³/mol. The second-order valence-electron chi connectivity index (χ2n) is 5.27. The number of rotatable bonds is 4. The SMILES string of the molecule is CN(Cc1ccnn1-c1ccc(F)cc1)C1CCNC1.Cl. The minimum atomic E-state index is -0.225. The van der Waals surface area contributed by atoms with Gasteiger partial charge in [-0.25, -0.2) is 9.07 Å². The summed E-state index contributed by atoms with van der Waals surface area (Å²) in [7, 11) is 2.14. The third kappa shape index (κ3) is 3.61. The molecule has 1 fully saturated rings. The molecule has 21 heavy (non-hydrogen) atoms. The fourth-order valence-electron chi connectivity index (χ4n) is 2.67. The minimum absolute atomic E-state index is 0. The maximum atomic E-state index is 13.0. The topological polar surface area (TPSA) is 33.1 Å². The van der Waals surface area contributed by atoms with Gasteiger partial charge in [0, 0.05) is 25.3 Å². The van der Waals surface area contributed by atoms with E-state index in [-0.39, 0.29) is 18.2 Å². The highest BCUT2D eigenvalue weighted by Crippen LogP contribution is 2.15. The van der Waals surface area contributed by atoms with E-state index in [1.165, 1.54) is 18.6 Å². The standard InChI is InChI=1S/C15H19FN4.ClH/c1-19(14-6-8-17-10-14)11-15-7-9-18-20(15)13-4-2-12(16)3-5-13;/h2-5,7,9,14,17H,6,8,10-11H2,1H3;1H. The van der Waals surface area contributed by atoms with Crippen molar-refractivity contribution in [3.63, 3.8) is 0 Å². The molecular formula is C15H20ClFN4. The molecule has 1 unspecified atom stereocenters. The molecule has 1 aliphatic rings. The number of nitrogens with zero attached hydrogens (tertiary/aromatic N) is 3. The van der Waals surface area contributed by atoms with Gasteiger partial charge in [-0.1, -0.05) is 0 Å². The lowest BCUT2D eigenvalue weighted by atomic mass is 10.2. The smallest absolute Gasteiger partial charge is 0.123 e. The summed E-state index contributed by atoms with van der Waals surface area (Å²) >= 11 is 0. The normalized spacial score (nSPS) is 18.0. The van der Waals surface area contributed by atoms with Crippen LogP contribution < -0.4 is 5.32 Å². The van der Waals surface area contributed by atoms with E-state index in [2.05, 4.69) is 22.4 Å². The van der Waals surface area contributed by atoms with Crippen LogP contribution in [0.5, 0.6) is 0 Å². The highest BCUT2D eigenvalue weighted by atomic mass is 35.5. The second-order valence-corrected chi connectivity index (χ2v) is 5.27. The summed E-state index contributed by atoms with van der Waals surface area (Å²) in [6.07, 6.45) is 2.97. The first-order valence-corrected chi connectivity index (χ1v) is 6.94. The average molecular weight is 311 g/mol. The molecule has 2 aromatic rings. The Balaban J connectivity index is 0.00000161. The third-order valence-electron chi connectivity index (χ3n) is 3.86. The van der Waals surface area contributed by atoms with Gasteiger partial charge in [-0.05, 0) is 50.3 Å². The molecule has 2 heterocycles. The number of aromatic nitrogens is 2. The van der Waals surface area contributed by atoms with Crippen LogP contribution >= 0.6 is 12.4 Å². The van der Waals surface area contributed by atoms with E-state index in [9.17, 15) is 4.39 Å². The van der Waals surface area contributed by atoms with E-state index in [1.54, 1.807) is 18.3 Å². The van der Waals surface area contributed by atoms with Gasteiger partial charge in [0.05, 0.1) is 11.4 Å². The summed E-state index contributed by atoms with van der Waals surface area (Å²) in [4.78, 5) is 2.34.